The minimum absolute atomic E-state index is 0.271. The van der Waals surface area contributed by atoms with Gasteiger partial charge in [-0.25, -0.2) is 9.37 Å². The van der Waals surface area contributed by atoms with Crippen LogP contribution in [-0.4, -0.2) is 36.6 Å². The summed E-state index contributed by atoms with van der Waals surface area (Å²) in [5.74, 6) is 1.73. The molecule has 0 aliphatic carbocycles. The molecule has 114 valence electrons. The lowest BCUT2D eigenvalue weighted by molar-refractivity contribution is 0.603. The van der Waals surface area contributed by atoms with Gasteiger partial charge in [0.1, 0.15) is 11.6 Å². The molecule has 3 nitrogen and oxygen atoms in total. The Morgan fingerprint density at radius 1 is 1.50 bits per heavy atom. The number of aromatic nitrogens is 1. The van der Waals surface area contributed by atoms with Crippen LogP contribution in [0.5, 0.6) is 0 Å². The van der Waals surface area contributed by atoms with Gasteiger partial charge >= 0.3 is 0 Å². The number of rotatable bonds is 9. The number of pyridine rings is 1. The van der Waals surface area contributed by atoms with Crippen molar-refractivity contribution in [3.8, 4) is 0 Å². The molecule has 20 heavy (non-hydrogen) atoms. The molecule has 0 amide bonds. The van der Waals surface area contributed by atoms with Crippen LogP contribution in [0.2, 0.25) is 0 Å². The fourth-order valence-corrected chi connectivity index (χ4v) is 2.59. The molecular weight excluding hydrogens is 273 g/mol. The molecule has 0 aromatic carbocycles. The lowest BCUT2D eigenvalue weighted by Crippen LogP contribution is -2.31. The van der Waals surface area contributed by atoms with Crippen molar-refractivity contribution in [2.24, 2.45) is 0 Å². The first kappa shape index (κ1) is 17.2. The normalized spacial score (nSPS) is 12.4. The molecule has 1 heterocycles. The zero-order chi connectivity index (χ0) is 15.0. The van der Waals surface area contributed by atoms with Crippen LogP contribution >= 0.6 is 11.8 Å². The summed E-state index contributed by atoms with van der Waals surface area (Å²) in [5, 5.41) is 3.32. The fourth-order valence-electron chi connectivity index (χ4n) is 2.01. The monoisotopic (exact) mass is 299 g/mol. The lowest BCUT2D eigenvalue weighted by Gasteiger charge is -2.28. The molecule has 0 aliphatic heterocycles. The summed E-state index contributed by atoms with van der Waals surface area (Å²) >= 11 is 1.85. The molecule has 0 spiro atoms. The van der Waals surface area contributed by atoms with Crippen molar-refractivity contribution in [1.29, 1.82) is 0 Å². The van der Waals surface area contributed by atoms with Gasteiger partial charge in [0.15, 0.2) is 0 Å². The third-order valence-corrected chi connectivity index (χ3v) is 4.03. The summed E-state index contributed by atoms with van der Waals surface area (Å²) in [6.45, 7) is 5.90. The maximum Gasteiger partial charge on any atom is 0.141 e. The van der Waals surface area contributed by atoms with Crippen LogP contribution in [0.25, 0.3) is 0 Å². The molecular formula is C15H26FN3S. The minimum atomic E-state index is -0.271. The van der Waals surface area contributed by atoms with Crippen LogP contribution in [0, 0.1) is 5.82 Å². The predicted molar refractivity (Wildman–Crippen MR) is 87.1 cm³/mol. The van der Waals surface area contributed by atoms with Crippen molar-refractivity contribution in [3.63, 3.8) is 0 Å². The van der Waals surface area contributed by atoms with Crippen molar-refractivity contribution in [2.45, 2.75) is 39.3 Å². The van der Waals surface area contributed by atoms with Crippen LogP contribution in [0.4, 0.5) is 10.2 Å². The number of thioether (sulfide) groups is 1. The van der Waals surface area contributed by atoms with Crippen molar-refractivity contribution in [2.75, 3.05) is 30.5 Å². The van der Waals surface area contributed by atoms with Gasteiger partial charge < -0.3 is 10.2 Å². The van der Waals surface area contributed by atoms with Crippen LogP contribution in [0.1, 0.15) is 32.3 Å². The van der Waals surface area contributed by atoms with Crippen LogP contribution in [-0.2, 0) is 6.54 Å². The Morgan fingerprint density at radius 2 is 2.25 bits per heavy atom. The maximum atomic E-state index is 13.4. The van der Waals surface area contributed by atoms with E-state index in [1.165, 1.54) is 6.20 Å². The van der Waals surface area contributed by atoms with Gasteiger partial charge in [-0.05, 0) is 44.4 Å². The van der Waals surface area contributed by atoms with E-state index in [2.05, 4.69) is 35.3 Å². The van der Waals surface area contributed by atoms with E-state index in [1.54, 1.807) is 6.07 Å². The van der Waals surface area contributed by atoms with Gasteiger partial charge in [-0.3, -0.25) is 0 Å². The second-order valence-electron chi connectivity index (χ2n) is 5.05. The molecule has 1 N–H and O–H groups in total. The van der Waals surface area contributed by atoms with Crippen molar-refractivity contribution in [1.82, 2.24) is 10.3 Å². The zero-order valence-electron chi connectivity index (χ0n) is 12.9. The van der Waals surface area contributed by atoms with E-state index in [9.17, 15) is 4.39 Å². The SMILES string of the molecule is CCCNCc1cc(F)cnc1N(C)C(C)CCSC. The van der Waals surface area contributed by atoms with Gasteiger partial charge in [-0.15, -0.1) is 0 Å². The Hall–Kier alpha value is -0.810. The molecule has 1 rings (SSSR count). The van der Waals surface area contributed by atoms with Crippen LogP contribution in [0.15, 0.2) is 12.3 Å². The molecule has 0 saturated heterocycles. The van der Waals surface area contributed by atoms with Gasteiger partial charge in [0, 0.05) is 25.2 Å². The van der Waals surface area contributed by atoms with Crippen LogP contribution < -0.4 is 10.2 Å². The number of halogens is 1. The second kappa shape index (κ2) is 9.19. The third-order valence-electron chi connectivity index (χ3n) is 3.39. The molecule has 0 aliphatic rings. The topological polar surface area (TPSA) is 28.2 Å². The van der Waals surface area contributed by atoms with E-state index in [-0.39, 0.29) is 5.82 Å². The number of hydrogen-bond acceptors (Lipinski definition) is 4. The van der Waals surface area contributed by atoms with Gasteiger partial charge in [0.25, 0.3) is 0 Å². The van der Waals surface area contributed by atoms with Gasteiger partial charge in [0.2, 0.25) is 0 Å². The zero-order valence-corrected chi connectivity index (χ0v) is 13.8. The number of nitrogens with one attached hydrogen (secondary N) is 1. The smallest absolute Gasteiger partial charge is 0.141 e. The van der Waals surface area contributed by atoms with Gasteiger partial charge in [-0.2, -0.15) is 11.8 Å². The Kier molecular flexibility index (Phi) is 7.92. The lowest BCUT2D eigenvalue weighted by atomic mass is 10.2. The largest absolute Gasteiger partial charge is 0.357 e. The third kappa shape index (κ3) is 5.29. The summed E-state index contributed by atoms with van der Waals surface area (Å²) < 4.78 is 13.4. The van der Waals surface area contributed by atoms with E-state index < -0.39 is 0 Å². The molecule has 1 aromatic rings. The summed E-state index contributed by atoms with van der Waals surface area (Å²) in [6, 6.07) is 1.98. The van der Waals surface area contributed by atoms with E-state index >= 15 is 0 Å². The fraction of sp³-hybridized carbons (Fsp3) is 0.667. The van der Waals surface area contributed by atoms with E-state index in [0.29, 0.717) is 12.6 Å². The average molecular weight is 299 g/mol. The highest BCUT2D eigenvalue weighted by molar-refractivity contribution is 7.98. The van der Waals surface area contributed by atoms with E-state index in [0.717, 1.165) is 36.5 Å². The Balaban J connectivity index is 2.80. The molecule has 1 aromatic heterocycles. The van der Waals surface area contributed by atoms with Crippen molar-refractivity contribution in [3.05, 3.63) is 23.6 Å². The number of hydrogen-bond donors (Lipinski definition) is 1. The molecule has 0 bridgehead atoms. The molecule has 0 fully saturated rings. The second-order valence-corrected chi connectivity index (χ2v) is 6.04. The molecule has 0 saturated carbocycles. The molecule has 1 unspecified atom stereocenters. The first-order valence-electron chi connectivity index (χ1n) is 7.17. The van der Waals surface area contributed by atoms with Crippen molar-refractivity contribution >= 4 is 17.6 Å². The van der Waals surface area contributed by atoms with E-state index in [1.807, 2.05) is 18.8 Å². The van der Waals surface area contributed by atoms with Crippen LogP contribution in [0.3, 0.4) is 0 Å². The van der Waals surface area contributed by atoms with Gasteiger partial charge in [0.05, 0.1) is 6.20 Å². The quantitative estimate of drug-likeness (QED) is 0.708. The summed E-state index contributed by atoms with van der Waals surface area (Å²) in [6.07, 6.45) is 5.58. The standard InChI is InChI=1S/C15H26FN3S/c1-5-7-17-10-13-9-14(16)11-18-15(13)19(3)12(2)6-8-20-4/h9,11-12,17H,5-8,10H2,1-4H3. The predicted octanol–water partition coefficient (Wildman–Crippen LogP) is 3.30. The average Bonchev–Trinajstić information content (AvgIpc) is 2.44. The Morgan fingerprint density at radius 3 is 2.90 bits per heavy atom. The molecule has 5 heteroatoms. The molecule has 0 radical (unpaired) electrons. The molecule has 1 atom stereocenters. The Bertz CT molecular complexity index is 401. The van der Waals surface area contributed by atoms with Crippen molar-refractivity contribution < 1.29 is 4.39 Å². The van der Waals surface area contributed by atoms with Gasteiger partial charge in [-0.1, -0.05) is 6.92 Å². The summed E-state index contributed by atoms with van der Waals surface area (Å²) in [4.78, 5) is 6.44. The minimum Gasteiger partial charge on any atom is -0.357 e. The number of nitrogens with zero attached hydrogens (tertiary/aromatic N) is 2. The Labute approximate surface area is 126 Å². The summed E-state index contributed by atoms with van der Waals surface area (Å²) in [7, 11) is 2.04. The summed E-state index contributed by atoms with van der Waals surface area (Å²) in [5.41, 5.74) is 0.928. The first-order valence-corrected chi connectivity index (χ1v) is 8.56. The highest BCUT2D eigenvalue weighted by atomic mass is 32.2. The van der Waals surface area contributed by atoms with E-state index in [4.69, 9.17) is 0 Å². The number of anilines is 1. The maximum absolute atomic E-state index is 13.4. The highest BCUT2D eigenvalue weighted by Gasteiger charge is 2.15. The highest BCUT2D eigenvalue weighted by Crippen LogP contribution is 2.21. The first-order chi connectivity index (χ1) is 9.60.